The molecular formula is C16H14N2O2S. The normalized spacial score (nSPS) is 12.4. The van der Waals surface area contributed by atoms with E-state index in [4.69, 9.17) is 10.8 Å². The number of aliphatic carboxylic acids is 1. The number of nitrogens with two attached hydrogens (primary N) is 1. The van der Waals surface area contributed by atoms with Crippen molar-refractivity contribution >= 4 is 27.5 Å². The Morgan fingerprint density at radius 1 is 1.19 bits per heavy atom. The molecule has 106 valence electrons. The molecule has 0 saturated carbocycles. The standard InChI is InChI=1S/C16H14N2O2S/c17-12(9-15(19)20)10-5-1-2-6-11(10)16-18-13-7-3-4-8-14(13)21-16/h1-8,12H,9,17H2,(H,19,20). The average Bonchev–Trinajstić information content (AvgIpc) is 2.90. The Kier molecular flexibility index (Phi) is 3.68. The van der Waals surface area contributed by atoms with E-state index in [1.165, 1.54) is 0 Å². The van der Waals surface area contributed by atoms with E-state index in [9.17, 15) is 4.79 Å². The molecular weight excluding hydrogens is 284 g/mol. The van der Waals surface area contributed by atoms with Gasteiger partial charge in [-0.05, 0) is 17.7 Å². The van der Waals surface area contributed by atoms with Crippen LogP contribution in [0.4, 0.5) is 0 Å². The number of carbonyl (C=O) groups is 1. The molecule has 0 fully saturated rings. The van der Waals surface area contributed by atoms with E-state index in [1.54, 1.807) is 11.3 Å². The lowest BCUT2D eigenvalue weighted by Gasteiger charge is -2.13. The molecule has 1 heterocycles. The molecule has 3 N–H and O–H groups in total. The van der Waals surface area contributed by atoms with Crippen molar-refractivity contribution in [3.63, 3.8) is 0 Å². The van der Waals surface area contributed by atoms with Gasteiger partial charge in [-0.2, -0.15) is 0 Å². The van der Waals surface area contributed by atoms with Crippen LogP contribution in [0, 0.1) is 0 Å². The number of nitrogens with zero attached hydrogens (tertiary/aromatic N) is 1. The Bertz CT molecular complexity index is 765. The quantitative estimate of drug-likeness (QED) is 0.773. The second-order valence-corrected chi connectivity index (χ2v) is 5.81. The molecule has 0 aliphatic carbocycles. The van der Waals surface area contributed by atoms with Crippen molar-refractivity contribution in [2.45, 2.75) is 12.5 Å². The number of benzene rings is 2. The summed E-state index contributed by atoms with van der Waals surface area (Å²) in [6, 6.07) is 15.0. The van der Waals surface area contributed by atoms with Crippen molar-refractivity contribution in [3.05, 3.63) is 54.1 Å². The van der Waals surface area contributed by atoms with Gasteiger partial charge in [0, 0.05) is 11.6 Å². The van der Waals surface area contributed by atoms with Crippen LogP contribution in [0.25, 0.3) is 20.8 Å². The van der Waals surface area contributed by atoms with Crippen LogP contribution in [0.1, 0.15) is 18.0 Å². The Morgan fingerprint density at radius 2 is 1.90 bits per heavy atom. The van der Waals surface area contributed by atoms with Crippen LogP contribution in [-0.4, -0.2) is 16.1 Å². The van der Waals surface area contributed by atoms with Crippen LogP contribution in [0.15, 0.2) is 48.5 Å². The third-order valence-corrected chi connectivity index (χ3v) is 4.35. The number of hydrogen-bond donors (Lipinski definition) is 2. The lowest BCUT2D eigenvalue weighted by atomic mass is 9.99. The summed E-state index contributed by atoms with van der Waals surface area (Å²) in [4.78, 5) is 15.5. The smallest absolute Gasteiger partial charge is 0.305 e. The van der Waals surface area contributed by atoms with Crippen molar-refractivity contribution in [1.29, 1.82) is 0 Å². The molecule has 5 heteroatoms. The first-order valence-electron chi connectivity index (χ1n) is 6.57. The van der Waals surface area contributed by atoms with E-state index < -0.39 is 12.0 Å². The molecule has 0 radical (unpaired) electrons. The summed E-state index contributed by atoms with van der Waals surface area (Å²) in [5, 5.41) is 9.80. The summed E-state index contributed by atoms with van der Waals surface area (Å²) >= 11 is 1.59. The van der Waals surface area contributed by atoms with Gasteiger partial charge >= 0.3 is 5.97 Å². The minimum absolute atomic E-state index is 0.0953. The fourth-order valence-corrected chi connectivity index (χ4v) is 3.31. The van der Waals surface area contributed by atoms with E-state index in [0.29, 0.717) is 0 Å². The first kappa shape index (κ1) is 13.7. The van der Waals surface area contributed by atoms with E-state index in [0.717, 1.165) is 26.4 Å². The number of rotatable bonds is 4. The Balaban J connectivity index is 2.07. The third kappa shape index (κ3) is 2.79. The lowest BCUT2D eigenvalue weighted by Crippen LogP contribution is -2.15. The van der Waals surface area contributed by atoms with Crippen LogP contribution < -0.4 is 5.73 Å². The molecule has 0 aliphatic heterocycles. The molecule has 3 aromatic rings. The number of hydrogen-bond acceptors (Lipinski definition) is 4. The minimum atomic E-state index is -0.901. The van der Waals surface area contributed by atoms with Crippen LogP contribution in [-0.2, 0) is 4.79 Å². The van der Waals surface area contributed by atoms with Crippen molar-refractivity contribution in [2.75, 3.05) is 0 Å². The molecule has 2 aromatic carbocycles. The molecule has 0 spiro atoms. The Labute approximate surface area is 125 Å². The van der Waals surface area contributed by atoms with Gasteiger partial charge < -0.3 is 10.8 Å². The fourth-order valence-electron chi connectivity index (χ4n) is 2.30. The highest BCUT2D eigenvalue weighted by molar-refractivity contribution is 7.21. The van der Waals surface area contributed by atoms with Gasteiger partial charge in [-0.3, -0.25) is 4.79 Å². The number of fused-ring (bicyclic) bond motifs is 1. The van der Waals surface area contributed by atoms with E-state index in [-0.39, 0.29) is 6.42 Å². The number of aromatic nitrogens is 1. The van der Waals surface area contributed by atoms with E-state index >= 15 is 0 Å². The molecule has 21 heavy (non-hydrogen) atoms. The third-order valence-electron chi connectivity index (χ3n) is 3.28. The van der Waals surface area contributed by atoms with E-state index in [1.807, 2.05) is 48.5 Å². The van der Waals surface area contributed by atoms with Gasteiger partial charge in [0.05, 0.1) is 16.6 Å². The average molecular weight is 298 g/mol. The van der Waals surface area contributed by atoms with E-state index in [2.05, 4.69) is 4.98 Å². The topological polar surface area (TPSA) is 76.2 Å². The summed E-state index contributed by atoms with van der Waals surface area (Å²) in [6.45, 7) is 0. The predicted octanol–water partition coefficient (Wildman–Crippen LogP) is 3.44. The summed E-state index contributed by atoms with van der Waals surface area (Å²) < 4.78 is 1.11. The summed E-state index contributed by atoms with van der Waals surface area (Å²) in [5.41, 5.74) is 8.70. The molecule has 1 aromatic heterocycles. The van der Waals surface area contributed by atoms with Crippen molar-refractivity contribution in [2.24, 2.45) is 5.73 Å². The second kappa shape index (κ2) is 5.63. The molecule has 3 rings (SSSR count). The Morgan fingerprint density at radius 3 is 2.67 bits per heavy atom. The van der Waals surface area contributed by atoms with Gasteiger partial charge in [0.15, 0.2) is 0 Å². The van der Waals surface area contributed by atoms with Crippen molar-refractivity contribution in [1.82, 2.24) is 4.98 Å². The summed E-state index contributed by atoms with van der Waals surface area (Å²) in [7, 11) is 0. The van der Waals surface area contributed by atoms with Gasteiger partial charge in [0.1, 0.15) is 5.01 Å². The monoisotopic (exact) mass is 298 g/mol. The maximum absolute atomic E-state index is 10.9. The van der Waals surface area contributed by atoms with Crippen molar-refractivity contribution < 1.29 is 9.90 Å². The maximum atomic E-state index is 10.9. The largest absolute Gasteiger partial charge is 0.481 e. The number of carboxylic acid groups (broad SMARTS) is 1. The molecule has 0 saturated heterocycles. The second-order valence-electron chi connectivity index (χ2n) is 4.78. The molecule has 1 unspecified atom stereocenters. The maximum Gasteiger partial charge on any atom is 0.305 e. The zero-order valence-electron chi connectivity index (χ0n) is 11.2. The number of thiazole rings is 1. The zero-order chi connectivity index (χ0) is 14.8. The first-order chi connectivity index (χ1) is 10.1. The molecule has 1 atom stereocenters. The molecule has 0 bridgehead atoms. The minimum Gasteiger partial charge on any atom is -0.481 e. The van der Waals surface area contributed by atoms with Gasteiger partial charge in [0.2, 0.25) is 0 Å². The molecule has 0 aliphatic rings. The summed E-state index contributed by atoms with van der Waals surface area (Å²) in [5.74, 6) is -0.901. The van der Waals surface area contributed by atoms with Gasteiger partial charge in [-0.1, -0.05) is 36.4 Å². The van der Waals surface area contributed by atoms with Crippen LogP contribution >= 0.6 is 11.3 Å². The van der Waals surface area contributed by atoms with Crippen LogP contribution in [0.2, 0.25) is 0 Å². The van der Waals surface area contributed by atoms with Crippen LogP contribution in [0.3, 0.4) is 0 Å². The lowest BCUT2D eigenvalue weighted by molar-refractivity contribution is -0.137. The first-order valence-corrected chi connectivity index (χ1v) is 7.39. The zero-order valence-corrected chi connectivity index (χ0v) is 12.0. The number of carboxylic acids is 1. The highest BCUT2D eigenvalue weighted by Gasteiger charge is 2.17. The predicted molar refractivity (Wildman–Crippen MR) is 84.2 cm³/mol. The van der Waals surface area contributed by atoms with Crippen LogP contribution in [0.5, 0.6) is 0 Å². The Hall–Kier alpha value is -2.24. The SMILES string of the molecule is NC(CC(=O)O)c1ccccc1-c1nc2ccccc2s1. The molecule has 4 nitrogen and oxygen atoms in total. The van der Waals surface area contributed by atoms with Crippen molar-refractivity contribution in [3.8, 4) is 10.6 Å². The van der Waals surface area contributed by atoms with Gasteiger partial charge in [-0.15, -0.1) is 11.3 Å². The summed E-state index contributed by atoms with van der Waals surface area (Å²) in [6.07, 6.45) is -0.0953. The highest BCUT2D eigenvalue weighted by Crippen LogP contribution is 2.34. The molecule has 0 amide bonds. The van der Waals surface area contributed by atoms with Gasteiger partial charge in [-0.25, -0.2) is 4.98 Å². The number of para-hydroxylation sites is 1. The fraction of sp³-hybridized carbons (Fsp3) is 0.125. The highest BCUT2D eigenvalue weighted by atomic mass is 32.1. The van der Waals surface area contributed by atoms with Gasteiger partial charge in [0.25, 0.3) is 0 Å².